The highest BCUT2D eigenvalue weighted by Crippen LogP contribution is 2.39. The first-order valence-electron chi connectivity index (χ1n) is 10.0. The molecule has 0 saturated heterocycles. The van der Waals surface area contributed by atoms with Gasteiger partial charge in [0.25, 0.3) is 5.91 Å². The number of aromatic hydroxyl groups is 1. The summed E-state index contributed by atoms with van der Waals surface area (Å²) in [5.41, 5.74) is 6.92. The number of pyridine rings is 1. The van der Waals surface area contributed by atoms with Gasteiger partial charge in [0.1, 0.15) is 5.75 Å². The van der Waals surface area contributed by atoms with E-state index in [0.29, 0.717) is 16.3 Å². The van der Waals surface area contributed by atoms with Gasteiger partial charge >= 0.3 is 0 Å². The van der Waals surface area contributed by atoms with Crippen LogP contribution in [0.5, 0.6) is 5.75 Å². The van der Waals surface area contributed by atoms with Crippen LogP contribution in [-0.2, 0) is 0 Å². The molecule has 0 bridgehead atoms. The number of rotatable bonds is 3. The van der Waals surface area contributed by atoms with Crippen molar-refractivity contribution < 1.29 is 9.90 Å². The van der Waals surface area contributed by atoms with Crippen molar-refractivity contribution in [3.8, 4) is 16.9 Å². The van der Waals surface area contributed by atoms with E-state index in [0.717, 1.165) is 38.7 Å². The second-order valence-electron chi connectivity index (χ2n) is 7.94. The number of carbonyl (C=O) groups is 1. The van der Waals surface area contributed by atoms with E-state index in [1.807, 2.05) is 51.1 Å². The summed E-state index contributed by atoms with van der Waals surface area (Å²) < 4.78 is 0. The maximum Gasteiger partial charge on any atom is 0.259 e. The minimum Gasteiger partial charge on any atom is -0.507 e. The molecule has 0 atom stereocenters. The number of hydrogen-bond acceptors (Lipinski definition) is 3. The van der Waals surface area contributed by atoms with E-state index >= 15 is 0 Å². The third-order valence-electron chi connectivity index (χ3n) is 5.39. The smallest absolute Gasteiger partial charge is 0.259 e. The first kappa shape index (κ1) is 20.9. The Kier molecular flexibility index (Phi) is 5.42. The quantitative estimate of drug-likeness (QED) is 0.378. The minimum absolute atomic E-state index is 0.0252. The lowest BCUT2D eigenvalue weighted by molar-refractivity contribution is 0.102. The summed E-state index contributed by atoms with van der Waals surface area (Å²) in [6, 6.07) is 15.2. The highest BCUT2D eigenvalue weighted by Gasteiger charge is 2.20. The number of phenolic OH excluding ortho intramolecular Hbond substituents is 1. The van der Waals surface area contributed by atoms with Gasteiger partial charge in [-0.3, -0.25) is 9.78 Å². The van der Waals surface area contributed by atoms with Crippen LogP contribution in [0.15, 0.2) is 54.7 Å². The monoisotopic (exact) mass is 430 g/mol. The maximum absolute atomic E-state index is 13.1. The Morgan fingerprint density at radius 2 is 1.65 bits per heavy atom. The number of nitrogens with one attached hydrogen (secondary N) is 1. The molecule has 0 radical (unpaired) electrons. The highest BCUT2D eigenvalue weighted by molar-refractivity contribution is 6.34. The number of fused-ring (bicyclic) bond motifs is 1. The van der Waals surface area contributed by atoms with Crippen LogP contribution in [0.4, 0.5) is 5.69 Å². The fourth-order valence-corrected chi connectivity index (χ4v) is 4.26. The Hall–Kier alpha value is -3.37. The number of halogens is 1. The van der Waals surface area contributed by atoms with Gasteiger partial charge in [0.15, 0.2) is 0 Å². The molecule has 156 valence electrons. The van der Waals surface area contributed by atoms with Gasteiger partial charge in [-0.2, -0.15) is 0 Å². The Labute approximate surface area is 186 Å². The van der Waals surface area contributed by atoms with E-state index in [2.05, 4.69) is 22.4 Å². The van der Waals surface area contributed by atoms with E-state index in [1.54, 1.807) is 19.2 Å². The molecule has 4 rings (SSSR count). The summed E-state index contributed by atoms with van der Waals surface area (Å²) in [6.45, 7) is 7.71. The summed E-state index contributed by atoms with van der Waals surface area (Å²) >= 11 is 6.56. The number of carbonyl (C=O) groups excluding carboxylic acids is 1. The van der Waals surface area contributed by atoms with Gasteiger partial charge in [-0.25, -0.2) is 0 Å². The molecule has 5 heteroatoms. The molecule has 0 aliphatic carbocycles. The molecule has 0 saturated carbocycles. The molecule has 4 nitrogen and oxygen atoms in total. The van der Waals surface area contributed by atoms with Crippen molar-refractivity contribution in [1.29, 1.82) is 0 Å². The van der Waals surface area contributed by atoms with Crippen molar-refractivity contribution in [3.63, 3.8) is 0 Å². The summed E-state index contributed by atoms with van der Waals surface area (Å²) in [4.78, 5) is 17.8. The van der Waals surface area contributed by atoms with Crippen molar-refractivity contribution in [2.75, 3.05) is 5.32 Å². The third-order valence-corrected chi connectivity index (χ3v) is 5.72. The maximum atomic E-state index is 13.1. The third kappa shape index (κ3) is 3.87. The van der Waals surface area contributed by atoms with Crippen LogP contribution in [0, 0.1) is 27.7 Å². The van der Waals surface area contributed by atoms with E-state index in [4.69, 9.17) is 11.6 Å². The SMILES string of the molecule is Cc1cc(C)c(O)c(C(=O)Nc2cnc3c(C)cc(C)cc3c2-c2ccccc2Cl)c1. The molecule has 3 aromatic carbocycles. The molecule has 4 aromatic rings. The van der Waals surface area contributed by atoms with Gasteiger partial charge in [-0.1, -0.05) is 47.5 Å². The molecule has 0 spiro atoms. The predicted molar refractivity (Wildman–Crippen MR) is 127 cm³/mol. The van der Waals surface area contributed by atoms with Crippen LogP contribution in [-0.4, -0.2) is 16.0 Å². The number of hydrogen-bond donors (Lipinski definition) is 2. The van der Waals surface area contributed by atoms with Crippen LogP contribution in [0.1, 0.15) is 32.6 Å². The number of aromatic nitrogens is 1. The summed E-state index contributed by atoms with van der Waals surface area (Å²) in [5.74, 6) is -0.425. The lowest BCUT2D eigenvalue weighted by Gasteiger charge is -2.17. The molecular formula is C26H23ClN2O2. The van der Waals surface area contributed by atoms with Crippen molar-refractivity contribution >= 4 is 34.1 Å². The van der Waals surface area contributed by atoms with Gasteiger partial charge in [-0.05, 0) is 62.6 Å². The Balaban J connectivity index is 1.94. The zero-order valence-corrected chi connectivity index (χ0v) is 18.6. The Morgan fingerprint density at radius 3 is 2.39 bits per heavy atom. The molecule has 1 heterocycles. The minimum atomic E-state index is -0.400. The van der Waals surface area contributed by atoms with Crippen LogP contribution in [0.2, 0.25) is 5.02 Å². The Bertz CT molecular complexity index is 1350. The predicted octanol–water partition coefficient (Wildman–Crippen LogP) is 6.75. The molecule has 0 aliphatic heterocycles. The van der Waals surface area contributed by atoms with Gasteiger partial charge in [-0.15, -0.1) is 0 Å². The Morgan fingerprint density at radius 1 is 0.968 bits per heavy atom. The topological polar surface area (TPSA) is 62.2 Å². The fourth-order valence-electron chi connectivity index (χ4n) is 4.03. The van der Waals surface area contributed by atoms with E-state index in [9.17, 15) is 9.90 Å². The normalized spacial score (nSPS) is 11.0. The zero-order chi connectivity index (χ0) is 22.3. The van der Waals surface area contributed by atoms with Crippen LogP contribution in [0.3, 0.4) is 0 Å². The molecule has 2 N–H and O–H groups in total. The average molecular weight is 431 g/mol. The van der Waals surface area contributed by atoms with Crippen molar-refractivity contribution in [2.45, 2.75) is 27.7 Å². The standard InChI is InChI=1S/C26H23ClN2O2/c1-14-9-16(3)24-19(11-14)23(18-7-5-6-8-21(18)27)22(13-28-24)29-26(31)20-12-15(2)10-17(4)25(20)30/h5-13,30H,1-4H3,(H,29,31). The first-order chi connectivity index (χ1) is 14.8. The van der Waals surface area contributed by atoms with Crippen LogP contribution < -0.4 is 5.32 Å². The molecule has 1 aromatic heterocycles. The number of amides is 1. The van der Waals surface area contributed by atoms with Crippen molar-refractivity contribution in [2.24, 2.45) is 0 Å². The number of benzene rings is 3. The summed E-state index contributed by atoms with van der Waals surface area (Å²) in [7, 11) is 0. The van der Waals surface area contributed by atoms with Crippen LogP contribution in [0.25, 0.3) is 22.0 Å². The lowest BCUT2D eigenvalue weighted by Crippen LogP contribution is -2.14. The number of anilines is 1. The molecule has 0 unspecified atom stereocenters. The molecular weight excluding hydrogens is 408 g/mol. The van der Waals surface area contributed by atoms with Gasteiger partial charge in [0.05, 0.1) is 23.0 Å². The summed E-state index contributed by atoms with van der Waals surface area (Å²) in [5, 5.41) is 14.9. The second-order valence-corrected chi connectivity index (χ2v) is 8.34. The van der Waals surface area contributed by atoms with Crippen molar-refractivity contribution in [3.05, 3.63) is 87.6 Å². The molecule has 31 heavy (non-hydrogen) atoms. The number of aryl methyl sites for hydroxylation is 4. The van der Waals surface area contributed by atoms with E-state index in [-0.39, 0.29) is 11.3 Å². The molecule has 0 aliphatic rings. The lowest BCUT2D eigenvalue weighted by atomic mass is 9.96. The largest absolute Gasteiger partial charge is 0.507 e. The van der Waals surface area contributed by atoms with Crippen molar-refractivity contribution in [1.82, 2.24) is 4.98 Å². The summed E-state index contributed by atoms with van der Waals surface area (Å²) in [6.07, 6.45) is 1.65. The zero-order valence-electron chi connectivity index (χ0n) is 17.9. The highest BCUT2D eigenvalue weighted by atomic mass is 35.5. The number of nitrogens with zero attached hydrogens (tertiary/aromatic N) is 1. The average Bonchev–Trinajstić information content (AvgIpc) is 2.71. The van der Waals surface area contributed by atoms with Gasteiger partial charge in [0.2, 0.25) is 0 Å². The number of phenols is 1. The van der Waals surface area contributed by atoms with Gasteiger partial charge in [0, 0.05) is 21.5 Å². The first-order valence-corrected chi connectivity index (χ1v) is 10.4. The molecule has 0 fully saturated rings. The molecule has 1 amide bonds. The second kappa shape index (κ2) is 8.05. The van der Waals surface area contributed by atoms with Gasteiger partial charge < -0.3 is 10.4 Å². The van der Waals surface area contributed by atoms with E-state index in [1.165, 1.54) is 0 Å². The van der Waals surface area contributed by atoms with E-state index < -0.39 is 5.91 Å². The fraction of sp³-hybridized carbons (Fsp3) is 0.154. The van der Waals surface area contributed by atoms with Crippen LogP contribution >= 0.6 is 11.6 Å².